The minimum absolute atomic E-state index is 0. The third kappa shape index (κ3) is 6.41. The molecule has 0 aliphatic rings. The third-order valence-corrected chi connectivity index (χ3v) is 4.40. The van der Waals surface area contributed by atoms with Crippen molar-refractivity contribution in [1.29, 1.82) is 0 Å². The van der Waals surface area contributed by atoms with Crippen molar-refractivity contribution in [2.45, 2.75) is 26.9 Å². The first-order chi connectivity index (χ1) is 13.5. The zero-order valence-corrected chi connectivity index (χ0v) is 19.3. The van der Waals surface area contributed by atoms with Crippen molar-refractivity contribution >= 4 is 29.9 Å². The standard InChI is InChI=1S/C20H25N7O.HI/c1-14-5-6-17(9-15(14)2)28-19-10-16(7-8-22-19)11-23-20(21-3)24-12-18-25-13-26-27(18)4;/h5-10,13H,11-12H2,1-4H3,(H2,21,23,24);1H. The molecule has 0 aliphatic carbocycles. The van der Waals surface area contributed by atoms with Gasteiger partial charge in [0, 0.05) is 32.9 Å². The molecule has 0 spiro atoms. The van der Waals surface area contributed by atoms with E-state index in [4.69, 9.17) is 4.74 Å². The average molecular weight is 507 g/mol. The lowest BCUT2D eigenvalue weighted by molar-refractivity contribution is 0.461. The number of guanidine groups is 1. The number of aliphatic imine (C=N–C) groups is 1. The predicted molar refractivity (Wildman–Crippen MR) is 124 cm³/mol. The van der Waals surface area contributed by atoms with Crippen LogP contribution >= 0.6 is 24.0 Å². The Labute approximate surface area is 187 Å². The van der Waals surface area contributed by atoms with Gasteiger partial charge in [0.15, 0.2) is 5.96 Å². The molecule has 0 unspecified atom stereocenters. The molecule has 8 nitrogen and oxygen atoms in total. The number of ether oxygens (including phenoxy) is 1. The minimum Gasteiger partial charge on any atom is -0.439 e. The summed E-state index contributed by atoms with van der Waals surface area (Å²) in [6, 6.07) is 9.87. The zero-order chi connectivity index (χ0) is 19.9. The van der Waals surface area contributed by atoms with Gasteiger partial charge in [-0.2, -0.15) is 5.10 Å². The van der Waals surface area contributed by atoms with Crippen LogP contribution in [-0.4, -0.2) is 32.8 Å². The molecule has 3 aromatic rings. The van der Waals surface area contributed by atoms with Gasteiger partial charge < -0.3 is 15.4 Å². The van der Waals surface area contributed by atoms with Gasteiger partial charge in [-0.3, -0.25) is 9.67 Å². The lowest BCUT2D eigenvalue weighted by Crippen LogP contribution is -2.36. The molecule has 0 radical (unpaired) electrons. The van der Waals surface area contributed by atoms with Gasteiger partial charge in [0.2, 0.25) is 5.88 Å². The lowest BCUT2D eigenvalue weighted by Gasteiger charge is -2.12. The molecule has 1 aromatic carbocycles. The van der Waals surface area contributed by atoms with Crippen molar-refractivity contribution in [3.8, 4) is 11.6 Å². The van der Waals surface area contributed by atoms with Gasteiger partial charge in [-0.15, -0.1) is 24.0 Å². The molecule has 2 aromatic heterocycles. The van der Waals surface area contributed by atoms with Gasteiger partial charge in [-0.1, -0.05) is 6.07 Å². The summed E-state index contributed by atoms with van der Waals surface area (Å²) in [5.74, 6) is 2.85. The molecule has 2 N–H and O–H groups in total. The highest BCUT2D eigenvalue weighted by molar-refractivity contribution is 14.0. The molecule has 0 amide bonds. The maximum absolute atomic E-state index is 5.89. The first-order valence-corrected chi connectivity index (χ1v) is 9.02. The molecule has 0 saturated carbocycles. The van der Waals surface area contributed by atoms with E-state index in [9.17, 15) is 0 Å². The third-order valence-electron chi connectivity index (χ3n) is 4.40. The van der Waals surface area contributed by atoms with E-state index in [0.717, 1.165) is 17.1 Å². The van der Waals surface area contributed by atoms with Gasteiger partial charge in [0.1, 0.15) is 17.9 Å². The highest BCUT2D eigenvalue weighted by Gasteiger charge is 2.05. The summed E-state index contributed by atoms with van der Waals surface area (Å²) in [5.41, 5.74) is 3.46. The van der Waals surface area contributed by atoms with E-state index >= 15 is 0 Å². The zero-order valence-electron chi connectivity index (χ0n) is 17.0. The molecular weight excluding hydrogens is 481 g/mol. The van der Waals surface area contributed by atoms with Crippen LogP contribution in [0.5, 0.6) is 11.6 Å². The Morgan fingerprint density at radius 1 is 1.07 bits per heavy atom. The lowest BCUT2D eigenvalue weighted by atomic mass is 10.1. The first kappa shape index (κ1) is 22.6. The second-order valence-corrected chi connectivity index (χ2v) is 6.43. The number of nitrogens with one attached hydrogen (secondary N) is 2. The Kier molecular flexibility index (Phi) is 8.37. The summed E-state index contributed by atoms with van der Waals surface area (Å²) in [4.78, 5) is 12.7. The normalized spacial score (nSPS) is 11.0. The quantitative estimate of drug-likeness (QED) is 0.303. The SMILES string of the molecule is CN=C(NCc1ccnc(Oc2ccc(C)c(C)c2)c1)NCc1ncnn1C.I. The molecule has 0 bridgehead atoms. The fourth-order valence-electron chi connectivity index (χ4n) is 2.56. The van der Waals surface area contributed by atoms with Crippen molar-refractivity contribution in [3.05, 3.63) is 65.4 Å². The van der Waals surface area contributed by atoms with E-state index in [-0.39, 0.29) is 24.0 Å². The van der Waals surface area contributed by atoms with Gasteiger partial charge >= 0.3 is 0 Å². The summed E-state index contributed by atoms with van der Waals surface area (Å²) < 4.78 is 7.62. The molecule has 154 valence electrons. The second-order valence-electron chi connectivity index (χ2n) is 6.43. The van der Waals surface area contributed by atoms with Crippen molar-refractivity contribution < 1.29 is 4.74 Å². The van der Waals surface area contributed by atoms with Gasteiger partial charge in [-0.05, 0) is 48.7 Å². The van der Waals surface area contributed by atoms with E-state index in [2.05, 4.69) is 44.5 Å². The number of rotatable bonds is 6. The second kappa shape index (κ2) is 10.7. The van der Waals surface area contributed by atoms with Crippen LogP contribution in [0, 0.1) is 13.8 Å². The van der Waals surface area contributed by atoms with E-state index in [1.165, 1.54) is 17.5 Å². The Balaban J connectivity index is 0.00000300. The molecular formula is C20H26IN7O. The number of hydrogen-bond acceptors (Lipinski definition) is 5. The molecule has 9 heteroatoms. The Bertz CT molecular complexity index is 971. The molecule has 29 heavy (non-hydrogen) atoms. The fraction of sp³-hybridized carbons (Fsp3) is 0.300. The molecule has 3 rings (SSSR count). The maximum Gasteiger partial charge on any atom is 0.219 e. The van der Waals surface area contributed by atoms with E-state index < -0.39 is 0 Å². The van der Waals surface area contributed by atoms with Crippen LogP contribution in [-0.2, 0) is 20.1 Å². The van der Waals surface area contributed by atoms with Crippen molar-refractivity contribution in [3.63, 3.8) is 0 Å². The fourth-order valence-corrected chi connectivity index (χ4v) is 2.56. The van der Waals surface area contributed by atoms with Gasteiger partial charge in [0.25, 0.3) is 0 Å². The van der Waals surface area contributed by atoms with Gasteiger partial charge in [0.05, 0.1) is 6.54 Å². The number of hydrogen-bond donors (Lipinski definition) is 2. The van der Waals surface area contributed by atoms with Crippen molar-refractivity contribution in [2.24, 2.45) is 12.0 Å². The first-order valence-electron chi connectivity index (χ1n) is 9.02. The maximum atomic E-state index is 5.89. The summed E-state index contributed by atoms with van der Waals surface area (Å²) in [6.45, 7) is 5.27. The smallest absolute Gasteiger partial charge is 0.219 e. The molecule has 0 saturated heterocycles. The molecule has 0 atom stereocenters. The van der Waals surface area contributed by atoms with Crippen LogP contribution in [0.1, 0.15) is 22.5 Å². The summed E-state index contributed by atoms with van der Waals surface area (Å²) in [7, 11) is 3.58. The van der Waals surface area contributed by atoms with E-state index in [1.54, 1.807) is 17.9 Å². The predicted octanol–water partition coefficient (Wildman–Crippen LogP) is 3.10. The van der Waals surface area contributed by atoms with Crippen molar-refractivity contribution in [1.82, 2.24) is 30.4 Å². The highest BCUT2D eigenvalue weighted by Crippen LogP contribution is 2.22. The van der Waals surface area contributed by atoms with Crippen LogP contribution in [0.25, 0.3) is 0 Å². The number of benzene rings is 1. The Morgan fingerprint density at radius 2 is 1.86 bits per heavy atom. The van der Waals surface area contributed by atoms with Crippen LogP contribution in [0.15, 0.2) is 47.8 Å². The number of aryl methyl sites for hydroxylation is 3. The molecule has 0 aliphatic heterocycles. The minimum atomic E-state index is 0. The summed E-state index contributed by atoms with van der Waals surface area (Å²) >= 11 is 0. The largest absolute Gasteiger partial charge is 0.439 e. The Morgan fingerprint density at radius 3 is 2.55 bits per heavy atom. The number of pyridine rings is 1. The highest BCUT2D eigenvalue weighted by atomic mass is 127. The molecule has 2 heterocycles. The van der Waals surface area contributed by atoms with Crippen LogP contribution in [0.3, 0.4) is 0 Å². The number of halogens is 1. The van der Waals surface area contributed by atoms with E-state index in [0.29, 0.717) is 24.9 Å². The number of aromatic nitrogens is 4. The molecule has 0 fully saturated rings. The Hall–Kier alpha value is -2.69. The monoisotopic (exact) mass is 507 g/mol. The average Bonchev–Trinajstić information content (AvgIpc) is 3.10. The van der Waals surface area contributed by atoms with Crippen LogP contribution in [0.2, 0.25) is 0 Å². The van der Waals surface area contributed by atoms with Gasteiger partial charge in [-0.25, -0.2) is 9.97 Å². The number of nitrogens with zero attached hydrogens (tertiary/aromatic N) is 5. The van der Waals surface area contributed by atoms with E-state index in [1.807, 2.05) is 37.4 Å². The topological polar surface area (TPSA) is 89.2 Å². The summed E-state index contributed by atoms with van der Waals surface area (Å²) in [5, 5.41) is 10.5. The van der Waals surface area contributed by atoms with Crippen LogP contribution < -0.4 is 15.4 Å². The summed E-state index contributed by atoms with van der Waals surface area (Å²) in [6.07, 6.45) is 3.27. The van der Waals surface area contributed by atoms with Crippen molar-refractivity contribution in [2.75, 3.05) is 7.05 Å². The van der Waals surface area contributed by atoms with Crippen LogP contribution in [0.4, 0.5) is 0 Å².